The van der Waals surface area contributed by atoms with Crippen LogP contribution in [0.25, 0.3) is 11.0 Å². The Kier molecular flexibility index (Phi) is 9.00. The third-order valence-corrected chi connectivity index (χ3v) is 5.12. The molecule has 2 rings (SSSR count). The molecule has 0 atom stereocenters. The number of Topliss-reactive ketones (excluding diaryl/α,β-unsaturated/α-hetero) is 1. The van der Waals surface area contributed by atoms with Gasteiger partial charge in [0.05, 0.1) is 0 Å². The van der Waals surface area contributed by atoms with Crippen molar-refractivity contribution in [1.29, 1.82) is 0 Å². The van der Waals surface area contributed by atoms with Crippen molar-refractivity contribution in [1.82, 2.24) is 0 Å². The van der Waals surface area contributed by atoms with Crippen molar-refractivity contribution in [3.8, 4) is 5.75 Å². The van der Waals surface area contributed by atoms with E-state index >= 15 is 0 Å². The van der Waals surface area contributed by atoms with E-state index in [1.54, 1.807) is 26.0 Å². The Labute approximate surface area is 188 Å². The Morgan fingerprint density at radius 2 is 1.66 bits per heavy atom. The Morgan fingerprint density at radius 3 is 2.34 bits per heavy atom. The van der Waals surface area contributed by atoms with Crippen LogP contribution in [-0.4, -0.2) is 24.0 Å². The van der Waals surface area contributed by atoms with Crippen LogP contribution in [0.4, 0.5) is 0 Å². The Bertz CT molecular complexity index is 1070. The van der Waals surface area contributed by atoms with E-state index in [1.807, 2.05) is 31.2 Å². The van der Waals surface area contributed by atoms with Crippen LogP contribution >= 0.6 is 0 Å². The fraction of sp³-hybridized carbons (Fsp3) is 0.423. The molecule has 1 aromatic carbocycles. The van der Waals surface area contributed by atoms with Gasteiger partial charge < -0.3 is 13.9 Å². The fourth-order valence-electron chi connectivity index (χ4n) is 3.19. The summed E-state index contributed by atoms with van der Waals surface area (Å²) in [5, 5.41) is 0.851. The molecule has 0 saturated carbocycles. The first kappa shape index (κ1) is 25.1. The van der Waals surface area contributed by atoms with Crippen LogP contribution in [0.5, 0.6) is 5.75 Å². The third kappa shape index (κ3) is 8.17. The highest BCUT2D eigenvalue weighted by molar-refractivity contribution is 5.89. The summed E-state index contributed by atoms with van der Waals surface area (Å²) < 4.78 is 16.0. The van der Waals surface area contributed by atoms with E-state index in [4.69, 9.17) is 13.9 Å². The number of hydrogen-bond acceptors (Lipinski definition) is 6. The van der Waals surface area contributed by atoms with Gasteiger partial charge in [0.1, 0.15) is 17.9 Å². The molecule has 0 unspecified atom stereocenters. The van der Waals surface area contributed by atoms with Gasteiger partial charge in [-0.3, -0.25) is 9.59 Å². The topological polar surface area (TPSA) is 82.8 Å². The van der Waals surface area contributed by atoms with Gasteiger partial charge in [-0.1, -0.05) is 17.2 Å². The SMILES string of the molecule is CC(=O)OC(C)(C)C(=O)CC=C(C)CCCC(C)=CCOc1ccc2ccc(=O)oc2c1. The quantitative estimate of drug-likeness (QED) is 0.259. The summed E-state index contributed by atoms with van der Waals surface area (Å²) in [5.74, 6) is 0.0757. The van der Waals surface area contributed by atoms with Crippen molar-refractivity contribution < 1.29 is 23.5 Å². The molecule has 2 aromatic rings. The van der Waals surface area contributed by atoms with E-state index in [-0.39, 0.29) is 17.8 Å². The zero-order valence-electron chi connectivity index (χ0n) is 19.5. The van der Waals surface area contributed by atoms with E-state index in [2.05, 4.69) is 6.92 Å². The molecule has 0 spiro atoms. The first-order chi connectivity index (χ1) is 15.1. The molecule has 6 heteroatoms. The molecule has 0 N–H and O–H groups in total. The molecule has 0 aliphatic heterocycles. The van der Waals surface area contributed by atoms with Crippen LogP contribution in [0.2, 0.25) is 0 Å². The number of ketones is 1. The lowest BCUT2D eigenvalue weighted by Gasteiger charge is -2.22. The summed E-state index contributed by atoms with van der Waals surface area (Å²) in [7, 11) is 0. The molecule has 1 aromatic heterocycles. The molecular weight excluding hydrogens is 408 g/mol. The maximum atomic E-state index is 12.2. The first-order valence-corrected chi connectivity index (χ1v) is 10.8. The van der Waals surface area contributed by atoms with Crippen LogP contribution < -0.4 is 10.4 Å². The Hall–Kier alpha value is -3.15. The average Bonchev–Trinajstić information content (AvgIpc) is 2.70. The standard InChI is InChI=1S/C26H32O6/c1-18(9-13-24(28)26(4,5)32-20(3)27)7-6-8-19(2)15-16-30-22-12-10-21-11-14-25(29)31-23(21)17-22/h9-12,14-15,17H,6-8,13,16H2,1-5H3. The predicted molar refractivity (Wildman–Crippen MR) is 125 cm³/mol. The van der Waals surface area contributed by atoms with Gasteiger partial charge in [-0.25, -0.2) is 4.79 Å². The summed E-state index contributed by atoms with van der Waals surface area (Å²) >= 11 is 0. The van der Waals surface area contributed by atoms with Crippen LogP contribution in [0.3, 0.4) is 0 Å². The molecule has 32 heavy (non-hydrogen) atoms. The lowest BCUT2D eigenvalue weighted by molar-refractivity contribution is -0.161. The zero-order valence-corrected chi connectivity index (χ0v) is 19.5. The van der Waals surface area contributed by atoms with Crippen molar-refractivity contribution in [3.63, 3.8) is 0 Å². The molecule has 6 nitrogen and oxygen atoms in total. The van der Waals surface area contributed by atoms with Crippen molar-refractivity contribution in [2.45, 2.75) is 65.9 Å². The van der Waals surface area contributed by atoms with Gasteiger partial charge in [0, 0.05) is 30.9 Å². The number of carbonyl (C=O) groups excluding carboxylic acids is 2. The smallest absolute Gasteiger partial charge is 0.336 e. The first-order valence-electron chi connectivity index (χ1n) is 10.8. The van der Waals surface area contributed by atoms with Gasteiger partial charge in [-0.15, -0.1) is 0 Å². The second-order valence-electron chi connectivity index (χ2n) is 8.45. The zero-order chi connectivity index (χ0) is 23.7. The molecule has 0 radical (unpaired) electrons. The highest BCUT2D eigenvalue weighted by Crippen LogP contribution is 2.20. The molecule has 1 heterocycles. The van der Waals surface area contributed by atoms with E-state index in [0.29, 0.717) is 17.9 Å². The minimum atomic E-state index is -1.10. The highest BCUT2D eigenvalue weighted by atomic mass is 16.6. The Balaban J connectivity index is 1.75. The summed E-state index contributed by atoms with van der Waals surface area (Å²) in [6, 6.07) is 8.55. The van der Waals surface area contributed by atoms with Gasteiger partial charge in [-0.05, 0) is 71.2 Å². The maximum Gasteiger partial charge on any atom is 0.336 e. The number of hydrogen-bond donors (Lipinski definition) is 0. The number of fused-ring (bicyclic) bond motifs is 1. The summed E-state index contributed by atoms with van der Waals surface area (Å²) in [6.07, 6.45) is 6.97. The second-order valence-corrected chi connectivity index (χ2v) is 8.45. The second kappa shape index (κ2) is 11.5. The average molecular weight is 441 g/mol. The van der Waals surface area contributed by atoms with E-state index in [0.717, 1.165) is 30.2 Å². The number of rotatable bonds is 11. The molecular formula is C26H32O6. The minimum absolute atomic E-state index is 0.117. The van der Waals surface area contributed by atoms with Crippen molar-refractivity contribution in [2.75, 3.05) is 6.61 Å². The number of esters is 1. The van der Waals surface area contributed by atoms with Crippen LogP contribution in [0, 0.1) is 0 Å². The number of carbonyl (C=O) groups is 2. The Morgan fingerprint density at radius 1 is 1.00 bits per heavy atom. The van der Waals surface area contributed by atoms with Gasteiger partial charge >= 0.3 is 11.6 Å². The molecule has 0 aliphatic rings. The number of ether oxygens (including phenoxy) is 2. The lowest BCUT2D eigenvalue weighted by atomic mass is 9.98. The number of benzene rings is 1. The summed E-state index contributed by atoms with van der Waals surface area (Å²) in [5.41, 5.74) is 1.38. The van der Waals surface area contributed by atoms with Gasteiger partial charge in [-0.2, -0.15) is 0 Å². The molecule has 0 fully saturated rings. The van der Waals surface area contributed by atoms with E-state index < -0.39 is 11.6 Å². The van der Waals surface area contributed by atoms with E-state index in [9.17, 15) is 14.4 Å². The van der Waals surface area contributed by atoms with Crippen LogP contribution in [0.1, 0.15) is 60.3 Å². The molecule has 0 amide bonds. The van der Waals surface area contributed by atoms with E-state index in [1.165, 1.54) is 18.6 Å². The van der Waals surface area contributed by atoms with Crippen molar-refractivity contribution >= 4 is 22.7 Å². The molecule has 0 saturated heterocycles. The lowest BCUT2D eigenvalue weighted by Crippen LogP contribution is -2.36. The normalized spacial score (nSPS) is 12.7. The third-order valence-electron chi connectivity index (χ3n) is 5.12. The summed E-state index contributed by atoms with van der Waals surface area (Å²) in [6.45, 7) is 9.04. The van der Waals surface area contributed by atoms with Gasteiger partial charge in [0.15, 0.2) is 11.4 Å². The number of allylic oxidation sites excluding steroid dienone is 3. The molecule has 172 valence electrons. The largest absolute Gasteiger partial charge is 0.489 e. The monoisotopic (exact) mass is 440 g/mol. The molecule has 0 bridgehead atoms. The van der Waals surface area contributed by atoms with Crippen LogP contribution in [0.15, 0.2) is 62.8 Å². The van der Waals surface area contributed by atoms with Gasteiger partial charge in [0.25, 0.3) is 0 Å². The van der Waals surface area contributed by atoms with Crippen molar-refractivity contribution in [3.05, 3.63) is 64.1 Å². The summed E-state index contributed by atoms with van der Waals surface area (Å²) in [4.78, 5) is 34.7. The highest BCUT2D eigenvalue weighted by Gasteiger charge is 2.29. The predicted octanol–water partition coefficient (Wildman–Crippen LogP) is 5.54. The van der Waals surface area contributed by atoms with Crippen molar-refractivity contribution in [2.24, 2.45) is 0 Å². The minimum Gasteiger partial charge on any atom is -0.489 e. The maximum absolute atomic E-state index is 12.2. The molecule has 0 aliphatic carbocycles. The van der Waals surface area contributed by atoms with Gasteiger partial charge in [0.2, 0.25) is 0 Å². The van der Waals surface area contributed by atoms with Crippen LogP contribution in [-0.2, 0) is 14.3 Å². The fourth-order valence-corrected chi connectivity index (χ4v) is 3.19.